The molecule has 0 radical (unpaired) electrons. The molecular weight excluding hydrogens is 388 g/mol. The topological polar surface area (TPSA) is 71.0 Å². The number of thiocarbonyl (C=S) groups is 1. The van der Waals surface area contributed by atoms with Crippen LogP contribution in [0.4, 0.5) is 5.69 Å². The van der Waals surface area contributed by atoms with Gasteiger partial charge in [-0.1, -0.05) is 18.2 Å². The molecule has 29 heavy (non-hydrogen) atoms. The van der Waals surface area contributed by atoms with E-state index in [1.54, 1.807) is 12.1 Å². The van der Waals surface area contributed by atoms with Crippen molar-refractivity contribution in [3.63, 3.8) is 0 Å². The summed E-state index contributed by atoms with van der Waals surface area (Å²) >= 11 is 5.68. The van der Waals surface area contributed by atoms with Gasteiger partial charge in [0.1, 0.15) is 0 Å². The number of anilines is 1. The van der Waals surface area contributed by atoms with Crippen LogP contribution in [0.1, 0.15) is 29.7 Å². The molecular formula is C22H24N2O4S. The van der Waals surface area contributed by atoms with Crippen LogP contribution in [-0.2, 0) is 9.53 Å². The van der Waals surface area contributed by atoms with Crippen LogP contribution in [0.5, 0.6) is 11.5 Å². The second kappa shape index (κ2) is 8.13. The number of rotatable bonds is 4. The van der Waals surface area contributed by atoms with Gasteiger partial charge in [0.05, 0.1) is 31.5 Å². The summed E-state index contributed by atoms with van der Waals surface area (Å²) in [6.45, 7) is 5.86. The SMILES string of the molecule is COC(=O)C1=C(C)N(c2cc(C)ccc2C)C(=S)N[C@H]1c1ccc(O)c(OC)c1. The maximum Gasteiger partial charge on any atom is 0.337 e. The lowest BCUT2D eigenvalue weighted by Crippen LogP contribution is -2.48. The largest absolute Gasteiger partial charge is 0.504 e. The zero-order valence-electron chi connectivity index (χ0n) is 17.1. The third kappa shape index (κ3) is 3.78. The molecule has 0 fully saturated rings. The van der Waals surface area contributed by atoms with Crippen molar-refractivity contribution in [2.24, 2.45) is 0 Å². The fourth-order valence-electron chi connectivity index (χ4n) is 3.49. The van der Waals surface area contributed by atoms with Crippen molar-refractivity contribution >= 4 is 29.0 Å². The molecule has 0 spiro atoms. The minimum absolute atomic E-state index is 0.0203. The molecule has 0 saturated heterocycles. The van der Waals surface area contributed by atoms with Crippen LogP contribution in [-0.4, -0.2) is 30.4 Å². The number of nitrogens with zero attached hydrogens (tertiary/aromatic N) is 1. The highest BCUT2D eigenvalue weighted by atomic mass is 32.1. The van der Waals surface area contributed by atoms with E-state index in [-0.39, 0.29) is 5.75 Å². The van der Waals surface area contributed by atoms with Gasteiger partial charge in [-0.05, 0) is 67.9 Å². The van der Waals surface area contributed by atoms with E-state index >= 15 is 0 Å². The van der Waals surface area contributed by atoms with Gasteiger partial charge in [0.2, 0.25) is 0 Å². The van der Waals surface area contributed by atoms with Crippen molar-refractivity contribution in [2.75, 3.05) is 19.1 Å². The fraction of sp³-hybridized carbons (Fsp3) is 0.273. The van der Waals surface area contributed by atoms with Gasteiger partial charge in [0, 0.05) is 5.70 Å². The van der Waals surface area contributed by atoms with Gasteiger partial charge in [-0.2, -0.15) is 0 Å². The highest BCUT2D eigenvalue weighted by molar-refractivity contribution is 7.80. The zero-order valence-corrected chi connectivity index (χ0v) is 17.9. The minimum Gasteiger partial charge on any atom is -0.504 e. The molecule has 152 valence electrons. The predicted molar refractivity (Wildman–Crippen MR) is 116 cm³/mol. The lowest BCUT2D eigenvalue weighted by atomic mass is 9.94. The van der Waals surface area contributed by atoms with Gasteiger partial charge in [-0.15, -0.1) is 0 Å². The first-order valence-electron chi connectivity index (χ1n) is 9.12. The van der Waals surface area contributed by atoms with E-state index in [4.69, 9.17) is 21.7 Å². The molecule has 0 amide bonds. The number of allylic oxidation sites excluding steroid dienone is 1. The molecule has 0 aliphatic carbocycles. The van der Waals surface area contributed by atoms with E-state index < -0.39 is 12.0 Å². The number of carbonyl (C=O) groups excluding carboxylic acids is 1. The number of aromatic hydroxyl groups is 1. The second-order valence-corrected chi connectivity index (χ2v) is 7.32. The molecule has 2 N–H and O–H groups in total. The Bertz CT molecular complexity index is 1020. The molecule has 0 aromatic heterocycles. The molecule has 2 aromatic rings. The number of phenols is 1. The number of hydrogen-bond acceptors (Lipinski definition) is 5. The van der Waals surface area contributed by atoms with Crippen molar-refractivity contribution < 1.29 is 19.4 Å². The Morgan fingerprint density at radius 1 is 1.14 bits per heavy atom. The van der Waals surface area contributed by atoms with Crippen molar-refractivity contribution in [3.05, 3.63) is 64.4 Å². The van der Waals surface area contributed by atoms with Crippen LogP contribution in [0.3, 0.4) is 0 Å². The lowest BCUT2D eigenvalue weighted by molar-refractivity contribution is -0.136. The second-order valence-electron chi connectivity index (χ2n) is 6.93. The number of esters is 1. The van der Waals surface area contributed by atoms with Crippen LogP contribution >= 0.6 is 12.2 Å². The Morgan fingerprint density at radius 2 is 1.86 bits per heavy atom. The molecule has 1 atom stereocenters. The summed E-state index contributed by atoms with van der Waals surface area (Å²) in [5.41, 5.74) is 4.88. The van der Waals surface area contributed by atoms with E-state index in [0.29, 0.717) is 22.1 Å². The van der Waals surface area contributed by atoms with Crippen molar-refractivity contribution in [1.82, 2.24) is 5.32 Å². The number of benzene rings is 2. The highest BCUT2D eigenvalue weighted by Gasteiger charge is 2.36. The predicted octanol–water partition coefficient (Wildman–Crippen LogP) is 3.90. The zero-order chi connectivity index (χ0) is 21.3. The minimum atomic E-state index is -0.536. The van der Waals surface area contributed by atoms with Gasteiger partial charge < -0.3 is 19.9 Å². The lowest BCUT2D eigenvalue weighted by Gasteiger charge is -2.38. The maximum absolute atomic E-state index is 12.7. The van der Waals surface area contributed by atoms with Crippen LogP contribution in [0.15, 0.2) is 47.7 Å². The molecule has 1 heterocycles. The van der Waals surface area contributed by atoms with Crippen molar-refractivity contribution in [1.29, 1.82) is 0 Å². The average Bonchev–Trinajstić information content (AvgIpc) is 2.70. The summed E-state index contributed by atoms with van der Waals surface area (Å²) < 4.78 is 10.3. The molecule has 6 nitrogen and oxygen atoms in total. The third-order valence-electron chi connectivity index (χ3n) is 5.03. The van der Waals surface area contributed by atoms with E-state index in [0.717, 1.165) is 22.4 Å². The van der Waals surface area contributed by atoms with E-state index in [1.165, 1.54) is 20.3 Å². The van der Waals surface area contributed by atoms with Crippen molar-refractivity contribution in [2.45, 2.75) is 26.8 Å². The number of aryl methyl sites for hydroxylation is 2. The molecule has 1 aliphatic heterocycles. The number of methoxy groups -OCH3 is 2. The molecule has 0 unspecified atom stereocenters. The Labute approximate surface area is 175 Å². The number of ether oxygens (including phenoxy) is 2. The first-order chi connectivity index (χ1) is 13.8. The van der Waals surface area contributed by atoms with E-state index in [2.05, 4.69) is 5.32 Å². The van der Waals surface area contributed by atoms with Crippen LogP contribution in [0.2, 0.25) is 0 Å². The fourth-order valence-corrected chi connectivity index (χ4v) is 3.84. The van der Waals surface area contributed by atoms with Crippen LogP contribution in [0, 0.1) is 13.8 Å². The average molecular weight is 413 g/mol. The molecule has 3 rings (SSSR count). The Kier molecular flexibility index (Phi) is 5.79. The standard InChI is InChI=1S/C22H24N2O4S/c1-12-6-7-13(2)16(10-12)24-14(3)19(21(26)28-5)20(23-22(24)29)15-8-9-17(25)18(11-15)27-4/h6-11,20,25H,1-5H3,(H,23,29)/t20-/m0/s1. The first kappa shape index (κ1) is 20.7. The summed E-state index contributed by atoms with van der Waals surface area (Å²) in [4.78, 5) is 14.6. The smallest absolute Gasteiger partial charge is 0.337 e. The number of nitrogens with one attached hydrogen (secondary N) is 1. The number of phenolic OH excluding ortho intramolecular Hbond substituents is 1. The van der Waals surface area contributed by atoms with Gasteiger partial charge in [0.25, 0.3) is 0 Å². The van der Waals surface area contributed by atoms with E-state index in [9.17, 15) is 9.90 Å². The normalized spacial score (nSPS) is 16.5. The van der Waals surface area contributed by atoms with Crippen molar-refractivity contribution in [3.8, 4) is 11.5 Å². The molecule has 2 aromatic carbocycles. The third-order valence-corrected chi connectivity index (χ3v) is 5.33. The number of hydrogen-bond donors (Lipinski definition) is 2. The molecule has 0 bridgehead atoms. The molecule has 7 heteroatoms. The van der Waals surface area contributed by atoms with Gasteiger partial charge >= 0.3 is 5.97 Å². The summed E-state index contributed by atoms with van der Waals surface area (Å²) in [7, 11) is 2.83. The van der Waals surface area contributed by atoms with Gasteiger partial charge in [-0.3, -0.25) is 4.90 Å². The summed E-state index contributed by atoms with van der Waals surface area (Å²) in [5.74, 6) is -0.120. The van der Waals surface area contributed by atoms with E-state index in [1.807, 2.05) is 43.9 Å². The Hall–Kier alpha value is -3.06. The quantitative estimate of drug-likeness (QED) is 0.583. The maximum atomic E-state index is 12.7. The summed E-state index contributed by atoms with van der Waals surface area (Å²) in [6, 6.07) is 10.5. The Morgan fingerprint density at radius 3 is 2.52 bits per heavy atom. The summed E-state index contributed by atoms with van der Waals surface area (Å²) in [5, 5.41) is 13.7. The Balaban J connectivity index is 2.19. The van der Waals surface area contributed by atoms with Gasteiger partial charge in [-0.25, -0.2) is 4.79 Å². The molecule has 1 aliphatic rings. The van der Waals surface area contributed by atoms with Crippen LogP contribution in [0.25, 0.3) is 0 Å². The van der Waals surface area contributed by atoms with Gasteiger partial charge in [0.15, 0.2) is 16.6 Å². The molecule has 0 saturated carbocycles. The summed E-state index contributed by atoms with van der Waals surface area (Å²) in [6.07, 6.45) is 0. The first-order valence-corrected chi connectivity index (χ1v) is 9.53. The van der Waals surface area contributed by atoms with Crippen LogP contribution < -0.4 is 15.0 Å². The highest BCUT2D eigenvalue weighted by Crippen LogP contribution is 2.38. The number of carbonyl (C=O) groups is 1. The monoisotopic (exact) mass is 412 g/mol.